The minimum atomic E-state index is 0.0348. The van der Waals surface area contributed by atoms with Crippen LogP contribution in [0.25, 0.3) is 10.2 Å². The van der Waals surface area contributed by atoms with Crippen LogP contribution in [0.2, 0.25) is 0 Å². The van der Waals surface area contributed by atoms with Crippen LogP contribution in [-0.2, 0) is 4.79 Å². The summed E-state index contributed by atoms with van der Waals surface area (Å²) in [6.07, 6.45) is 6.96. The molecule has 1 heterocycles. The number of hydrogen-bond acceptors (Lipinski definition) is 4. The molecule has 104 valence electrons. The highest BCUT2D eigenvalue weighted by Gasteiger charge is 2.15. The van der Waals surface area contributed by atoms with E-state index in [0.717, 1.165) is 28.8 Å². The Labute approximate surface area is 121 Å². The van der Waals surface area contributed by atoms with Gasteiger partial charge < -0.3 is 10.1 Å². The molecule has 0 saturated carbocycles. The number of carbonyl (C=O) groups is 1. The first-order valence-electron chi connectivity index (χ1n) is 6.65. The maximum absolute atomic E-state index is 12.0. The summed E-state index contributed by atoms with van der Waals surface area (Å²) >= 11 is 1.47. The Morgan fingerprint density at radius 1 is 1.55 bits per heavy atom. The van der Waals surface area contributed by atoms with Gasteiger partial charge in [-0.05, 0) is 37.0 Å². The first kappa shape index (κ1) is 13.1. The third-order valence-corrected chi connectivity index (χ3v) is 4.34. The van der Waals surface area contributed by atoms with E-state index in [1.807, 2.05) is 18.2 Å². The maximum atomic E-state index is 12.0. The molecular weight excluding hydrogens is 272 g/mol. The number of thiazole rings is 1. The number of methoxy groups -OCH3 is 1. The number of fused-ring (bicyclic) bond motifs is 1. The second kappa shape index (κ2) is 5.63. The Kier molecular flexibility index (Phi) is 3.69. The van der Waals surface area contributed by atoms with Gasteiger partial charge >= 0.3 is 0 Å². The minimum Gasteiger partial charge on any atom is -0.497 e. The van der Waals surface area contributed by atoms with Crippen molar-refractivity contribution >= 4 is 32.6 Å². The molecule has 1 aromatic heterocycles. The van der Waals surface area contributed by atoms with Crippen molar-refractivity contribution in [3.63, 3.8) is 0 Å². The summed E-state index contributed by atoms with van der Waals surface area (Å²) < 4.78 is 6.20. The van der Waals surface area contributed by atoms with Crippen molar-refractivity contribution in [1.29, 1.82) is 0 Å². The Morgan fingerprint density at radius 2 is 2.45 bits per heavy atom. The van der Waals surface area contributed by atoms with Crippen molar-refractivity contribution in [2.75, 3.05) is 12.4 Å². The van der Waals surface area contributed by atoms with E-state index in [2.05, 4.69) is 22.5 Å². The molecule has 2 aromatic rings. The van der Waals surface area contributed by atoms with Crippen LogP contribution in [-0.4, -0.2) is 18.0 Å². The van der Waals surface area contributed by atoms with Gasteiger partial charge in [-0.3, -0.25) is 4.79 Å². The molecule has 1 aliphatic carbocycles. The summed E-state index contributed by atoms with van der Waals surface area (Å²) in [4.78, 5) is 16.4. The molecule has 0 bridgehead atoms. The summed E-state index contributed by atoms with van der Waals surface area (Å²) in [5, 5.41) is 3.54. The lowest BCUT2D eigenvalue weighted by Gasteiger charge is -2.06. The minimum absolute atomic E-state index is 0.0348. The van der Waals surface area contributed by atoms with Gasteiger partial charge in [0, 0.05) is 6.42 Å². The fraction of sp³-hybridized carbons (Fsp3) is 0.333. The van der Waals surface area contributed by atoms with Gasteiger partial charge in [-0.2, -0.15) is 0 Å². The van der Waals surface area contributed by atoms with E-state index in [1.54, 1.807) is 7.11 Å². The monoisotopic (exact) mass is 288 g/mol. The Balaban J connectivity index is 1.70. The number of nitrogens with one attached hydrogen (secondary N) is 1. The number of amides is 1. The third kappa shape index (κ3) is 2.82. The topological polar surface area (TPSA) is 51.2 Å². The highest BCUT2D eigenvalue weighted by atomic mass is 32.1. The van der Waals surface area contributed by atoms with Gasteiger partial charge in [0.15, 0.2) is 5.13 Å². The van der Waals surface area contributed by atoms with Crippen LogP contribution in [0.4, 0.5) is 5.13 Å². The van der Waals surface area contributed by atoms with Crippen LogP contribution in [0.1, 0.15) is 19.3 Å². The number of aromatic nitrogens is 1. The average molecular weight is 288 g/mol. The molecule has 1 unspecified atom stereocenters. The van der Waals surface area contributed by atoms with Gasteiger partial charge in [0.05, 0.1) is 17.3 Å². The molecule has 0 saturated heterocycles. The summed E-state index contributed by atoms with van der Waals surface area (Å²) in [6, 6.07) is 5.71. The van der Waals surface area contributed by atoms with Crippen molar-refractivity contribution in [2.24, 2.45) is 5.92 Å². The standard InChI is InChI=1S/C15H16N2O2S/c1-19-11-6-7-12-13(9-11)20-15(16-12)17-14(18)8-10-4-2-3-5-10/h2,4,6-7,9-10H,3,5,8H2,1H3,(H,16,17,18). The molecule has 1 atom stereocenters. The van der Waals surface area contributed by atoms with Crippen LogP contribution in [0, 0.1) is 5.92 Å². The zero-order valence-corrected chi connectivity index (χ0v) is 12.1. The first-order valence-corrected chi connectivity index (χ1v) is 7.47. The maximum Gasteiger partial charge on any atom is 0.226 e. The van der Waals surface area contributed by atoms with E-state index in [1.165, 1.54) is 11.3 Å². The van der Waals surface area contributed by atoms with E-state index >= 15 is 0 Å². The van der Waals surface area contributed by atoms with Gasteiger partial charge in [0.2, 0.25) is 5.91 Å². The van der Waals surface area contributed by atoms with Crippen molar-refractivity contribution in [2.45, 2.75) is 19.3 Å². The van der Waals surface area contributed by atoms with Crippen molar-refractivity contribution in [1.82, 2.24) is 4.98 Å². The Hall–Kier alpha value is -1.88. The summed E-state index contributed by atoms with van der Waals surface area (Å²) in [6.45, 7) is 0. The second-order valence-electron chi connectivity index (χ2n) is 4.87. The molecule has 5 heteroatoms. The number of hydrogen-bond donors (Lipinski definition) is 1. The van der Waals surface area contributed by atoms with Crippen molar-refractivity contribution in [3.8, 4) is 5.75 Å². The number of rotatable bonds is 4. The first-order chi connectivity index (χ1) is 9.74. The zero-order chi connectivity index (χ0) is 13.9. The molecule has 1 aliphatic rings. The van der Waals surface area contributed by atoms with Gasteiger partial charge in [0.1, 0.15) is 5.75 Å². The van der Waals surface area contributed by atoms with Gasteiger partial charge in [-0.25, -0.2) is 4.98 Å². The number of allylic oxidation sites excluding steroid dienone is 2. The number of benzene rings is 1. The SMILES string of the molecule is COc1ccc2nc(NC(=O)CC3C=CCC3)sc2c1. The Morgan fingerprint density at radius 3 is 3.20 bits per heavy atom. The predicted molar refractivity (Wildman–Crippen MR) is 81.3 cm³/mol. The van der Waals surface area contributed by atoms with Gasteiger partial charge in [0.25, 0.3) is 0 Å². The summed E-state index contributed by atoms with van der Waals surface area (Å²) in [5.74, 6) is 1.21. The molecule has 1 amide bonds. The molecular formula is C15H16N2O2S. The summed E-state index contributed by atoms with van der Waals surface area (Å²) in [5.41, 5.74) is 0.881. The van der Waals surface area contributed by atoms with E-state index in [-0.39, 0.29) is 5.91 Å². The van der Waals surface area contributed by atoms with Crippen molar-refractivity contribution < 1.29 is 9.53 Å². The lowest BCUT2D eigenvalue weighted by atomic mass is 10.1. The van der Waals surface area contributed by atoms with Crippen LogP contribution < -0.4 is 10.1 Å². The number of nitrogens with zero attached hydrogens (tertiary/aromatic N) is 1. The molecule has 3 rings (SSSR count). The molecule has 1 aromatic carbocycles. The van der Waals surface area contributed by atoms with E-state index in [4.69, 9.17) is 4.74 Å². The van der Waals surface area contributed by atoms with E-state index in [9.17, 15) is 4.79 Å². The fourth-order valence-electron chi connectivity index (χ4n) is 2.36. The van der Waals surface area contributed by atoms with Gasteiger partial charge in [-0.15, -0.1) is 0 Å². The second-order valence-corrected chi connectivity index (χ2v) is 5.90. The zero-order valence-electron chi connectivity index (χ0n) is 11.3. The highest BCUT2D eigenvalue weighted by Crippen LogP contribution is 2.29. The Bertz CT molecular complexity index is 663. The van der Waals surface area contributed by atoms with Crippen LogP contribution >= 0.6 is 11.3 Å². The van der Waals surface area contributed by atoms with E-state index < -0.39 is 0 Å². The largest absolute Gasteiger partial charge is 0.497 e. The molecule has 0 radical (unpaired) electrons. The number of carbonyl (C=O) groups excluding carboxylic acids is 1. The third-order valence-electron chi connectivity index (χ3n) is 3.40. The fourth-order valence-corrected chi connectivity index (χ4v) is 3.27. The smallest absolute Gasteiger partial charge is 0.226 e. The molecule has 4 nitrogen and oxygen atoms in total. The lowest BCUT2D eigenvalue weighted by molar-refractivity contribution is -0.116. The average Bonchev–Trinajstić information content (AvgIpc) is 3.06. The van der Waals surface area contributed by atoms with Crippen LogP contribution in [0.5, 0.6) is 5.75 Å². The van der Waals surface area contributed by atoms with Crippen LogP contribution in [0.3, 0.4) is 0 Å². The summed E-state index contributed by atoms with van der Waals surface area (Å²) in [7, 11) is 1.64. The van der Waals surface area contributed by atoms with Crippen molar-refractivity contribution in [3.05, 3.63) is 30.4 Å². The quantitative estimate of drug-likeness (QED) is 0.875. The number of ether oxygens (including phenoxy) is 1. The molecule has 0 spiro atoms. The normalized spacial score (nSPS) is 17.6. The van der Waals surface area contributed by atoms with Crippen LogP contribution in [0.15, 0.2) is 30.4 Å². The lowest BCUT2D eigenvalue weighted by Crippen LogP contribution is -2.14. The molecule has 0 aliphatic heterocycles. The number of anilines is 1. The molecule has 20 heavy (non-hydrogen) atoms. The highest BCUT2D eigenvalue weighted by molar-refractivity contribution is 7.22. The van der Waals surface area contributed by atoms with E-state index in [0.29, 0.717) is 17.5 Å². The predicted octanol–water partition coefficient (Wildman–Crippen LogP) is 3.60. The molecule has 0 fully saturated rings. The molecule has 1 N–H and O–H groups in total. The van der Waals surface area contributed by atoms with Gasteiger partial charge in [-0.1, -0.05) is 23.5 Å².